The molecule has 0 aromatic heterocycles. The van der Waals surface area contributed by atoms with E-state index in [2.05, 4.69) is 72.8 Å². The highest BCUT2D eigenvalue weighted by Gasteiger charge is 2.64. The first-order valence-electron chi connectivity index (χ1n) is 7.87. The second-order valence-electron chi connectivity index (χ2n) is 6.52. The van der Waals surface area contributed by atoms with Crippen molar-refractivity contribution in [3.63, 3.8) is 0 Å². The number of ether oxygens (including phenoxy) is 1. The summed E-state index contributed by atoms with van der Waals surface area (Å²) in [5, 5.41) is 0. The maximum atomic E-state index is 6.61. The zero-order valence-corrected chi connectivity index (χ0v) is 11.9. The first kappa shape index (κ1) is 11.8. The van der Waals surface area contributed by atoms with Crippen LogP contribution in [-0.4, -0.2) is 6.10 Å². The Labute approximate surface area is 125 Å². The summed E-state index contributed by atoms with van der Waals surface area (Å²) < 4.78 is 6.61. The molecule has 0 unspecified atom stereocenters. The van der Waals surface area contributed by atoms with Crippen LogP contribution >= 0.6 is 0 Å². The van der Waals surface area contributed by atoms with Gasteiger partial charge < -0.3 is 4.74 Å². The van der Waals surface area contributed by atoms with Crippen LogP contribution in [0.1, 0.15) is 17.5 Å². The van der Waals surface area contributed by atoms with E-state index in [4.69, 9.17) is 4.74 Å². The van der Waals surface area contributed by atoms with Crippen molar-refractivity contribution in [2.24, 2.45) is 17.8 Å². The van der Waals surface area contributed by atoms with Crippen molar-refractivity contribution < 1.29 is 4.74 Å². The van der Waals surface area contributed by atoms with Gasteiger partial charge in [-0.25, -0.2) is 0 Å². The molecule has 3 aliphatic rings. The second-order valence-corrected chi connectivity index (χ2v) is 6.52. The largest absolute Gasteiger partial charge is 0.361 e. The van der Waals surface area contributed by atoms with E-state index in [0.717, 1.165) is 11.8 Å². The minimum Gasteiger partial charge on any atom is -0.361 e. The molecule has 2 aromatic rings. The lowest BCUT2D eigenvalue weighted by Gasteiger charge is -2.56. The molecule has 1 nitrogen and oxygen atoms in total. The number of benzene rings is 2. The Hall–Kier alpha value is -1.86. The standard InChI is InChI=1S/C20H18O/c1-3-7-15(8-4-1)20(16-9-5-2-6-10-16)18-12-11-14-13-17(14)19(18)21-20/h1-12,14,17-19H,13H2/t14-,17+,18+,19-/m1/s1. The first-order chi connectivity index (χ1) is 10.4. The van der Waals surface area contributed by atoms with Crippen LogP contribution in [-0.2, 0) is 10.3 Å². The Morgan fingerprint density at radius 3 is 2.05 bits per heavy atom. The molecular formula is C20H18O. The molecule has 4 atom stereocenters. The van der Waals surface area contributed by atoms with Gasteiger partial charge in [-0.1, -0.05) is 72.8 Å². The number of hydrogen-bond donors (Lipinski definition) is 0. The van der Waals surface area contributed by atoms with Gasteiger partial charge in [0.05, 0.1) is 6.10 Å². The highest BCUT2D eigenvalue weighted by molar-refractivity contribution is 5.44. The lowest BCUT2D eigenvalue weighted by Crippen LogP contribution is -2.59. The Balaban J connectivity index is 1.67. The summed E-state index contributed by atoms with van der Waals surface area (Å²) in [6.07, 6.45) is 6.58. The van der Waals surface area contributed by atoms with Crippen LogP contribution in [0.4, 0.5) is 0 Å². The third kappa shape index (κ3) is 1.50. The fraction of sp³-hybridized carbons (Fsp3) is 0.300. The maximum absolute atomic E-state index is 6.61. The summed E-state index contributed by atoms with van der Waals surface area (Å²) in [6.45, 7) is 0. The quantitative estimate of drug-likeness (QED) is 0.747. The maximum Gasteiger partial charge on any atom is 0.127 e. The number of rotatable bonds is 2. The summed E-state index contributed by atoms with van der Waals surface area (Å²) in [5.41, 5.74) is 2.28. The third-order valence-corrected chi connectivity index (χ3v) is 5.43. The molecule has 1 heteroatoms. The van der Waals surface area contributed by atoms with Gasteiger partial charge in [0.15, 0.2) is 0 Å². The van der Waals surface area contributed by atoms with Crippen molar-refractivity contribution >= 4 is 0 Å². The smallest absolute Gasteiger partial charge is 0.127 e. The van der Waals surface area contributed by atoms with E-state index in [0.29, 0.717) is 12.0 Å². The molecule has 0 radical (unpaired) electrons. The van der Waals surface area contributed by atoms with Gasteiger partial charge >= 0.3 is 0 Å². The van der Waals surface area contributed by atoms with E-state index in [1.807, 2.05) is 0 Å². The molecule has 2 fully saturated rings. The molecule has 2 aromatic carbocycles. The van der Waals surface area contributed by atoms with Crippen molar-refractivity contribution in [3.05, 3.63) is 83.9 Å². The van der Waals surface area contributed by atoms with E-state index in [1.54, 1.807) is 0 Å². The van der Waals surface area contributed by atoms with Gasteiger partial charge in [-0.15, -0.1) is 0 Å². The summed E-state index contributed by atoms with van der Waals surface area (Å²) in [7, 11) is 0. The third-order valence-electron chi connectivity index (χ3n) is 5.43. The molecular weight excluding hydrogens is 256 g/mol. The zero-order chi connectivity index (χ0) is 13.9. The minimum atomic E-state index is -0.281. The summed E-state index contributed by atoms with van der Waals surface area (Å²) >= 11 is 0. The highest BCUT2D eigenvalue weighted by Crippen LogP contribution is 2.62. The van der Waals surface area contributed by atoms with Crippen molar-refractivity contribution in [1.29, 1.82) is 0 Å². The van der Waals surface area contributed by atoms with Crippen LogP contribution in [0.15, 0.2) is 72.8 Å². The van der Waals surface area contributed by atoms with Gasteiger partial charge in [0.25, 0.3) is 0 Å². The monoisotopic (exact) mass is 274 g/mol. The Morgan fingerprint density at radius 2 is 1.43 bits per heavy atom. The lowest BCUT2D eigenvalue weighted by atomic mass is 9.66. The van der Waals surface area contributed by atoms with Crippen molar-refractivity contribution in [3.8, 4) is 0 Å². The summed E-state index contributed by atoms with van der Waals surface area (Å²) in [4.78, 5) is 0. The number of allylic oxidation sites excluding steroid dienone is 1. The van der Waals surface area contributed by atoms with E-state index in [9.17, 15) is 0 Å². The van der Waals surface area contributed by atoms with Gasteiger partial charge in [-0.3, -0.25) is 0 Å². The Kier molecular flexibility index (Phi) is 2.29. The van der Waals surface area contributed by atoms with Crippen LogP contribution in [0.2, 0.25) is 0 Å². The van der Waals surface area contributed by atoms with E-state index in [-0.39, 0.29) is 5.60 Å². The fourth-order valence-electron chi connectivity index (χ4n) is 4.28. The van der Waals surface area contributed by atoms with Crippen LogP contribution in [0.25, 0.3) is 0 Å². The lowest BCUT2D eigenvalue weighted by molar-refractivity contribution is -0.239. The molecule has 21 heavy (non-hydrogen) atoms. The number of fused-ring (bicyclic) bond motifs is 3. The van der Waals surface area contributed by atoms with Crippen molar-refractivity contribution in [2.75, 3.05) is 0 Å². The molecule has 1 heterocycles. The molecule has 0 N–H and O–H groups in total. The molecule has 1 saturated heterocycles. The predicted molar refractivity (Wildman–Crippen MR) is 82.8 cm³/mol. The predicted octanol–water partition coefficient (Wildman–Crippen LogP) is 4.15. The summed E-state index contributed by atoms with van der Waals surface area (Å²) in [5.74, 6) is 2.03. The minimum absolute atomic E-state index is 0.281. The SMILES string of the molecule is C1=C[C@H]2[C@H](OC2(c2ccccc2)c2ccccc2)[C@H]2C[C@@H]12. The Morgan fingerprint density at radius 1 is 0.810 bits per heavy atom. The molecule has 0 bridgehead atoms. The molecule has 104 valence electrons. The fourth-order valence-corrected chi connectivity index (χ4v) is 4.28. The van der Waals surface area contributed by atoms with E-state index < -0.39 is 0 Å². The average Bonchev–Trinajstić information content (AvgIpc) is 3.29. The van der Waals surface area contributed by atoms with Gasteiger partial charge in [0.2, 0.25) is 0 Å². The molecule has 2 aliphatic carbocycles. The van der Waals surface area contributed by atoms with Gasteiger partial charge in [-0.2, -0.15) is 0 Å². The van der Waals surface area contributed by atoms with Gasteiger partial charge in [-0.05, 0) is 29.4 Å². The van der Waals surface area contributed by atoms with Crippen LogP contribution in [0.3, 0.4) is 0 Å². The Bertz CT molecular complexity index is 649. The molecule has 1 saturated carbocycles. The molecule has 0 spiro atoms. The molecule has 0 amide bonds. The van der Waals surface area contributed by atoms with Crippen molar-refractivity contribution in [2.45, 2.75) is 18.1 Å². The number of hydrogen-bond acceptors (Lipinski definition) is 1. The van der Waals surface area contributed by atoms with Gasteiger partial charge in [0, 0.05) is 5.92 Å². The van der Waals surface area contributed by atoms with Crippen molar-refractivity contribution in [1.82, 2.24) is 0 Å². The van der Waals surface area contributed by atoms with E-state index in [1.165, 1.54) is 17.5 Å². The van der Waals surface area contributed by atoms with Crippen LogP contribution in [0, 0.1) is 17.8 Å². The highest BCUT2D eigenvalue weighted by atomic mass is 16.5. The zero-order valence-electron chi connectivity index (χ0n) is 11.9. The normalized spacial score (nSPS) is 34.5. The topological polar surface area (TPSA) is 9.23 Å². The summed E-state index contributed by atoms with van der Waals surface area (Å²) in [6, 6.07) is 21.4. The molecule has 1 aliphatic heterocycles. The first-order valence-corrected chi connectivity index (χ1v) is 7.87. The van der Waals surface area contributed by atoms with Crippen LogP contribution < -0.4 is 0 Å². The second kappa shape index (κ2) is 4.08. The average molecular weight is 274 g/mol. The van der Waals surface area contributed by atoms with E-state index >= 15 is 0 Å². The van der Waals surface area contributed by atoms with Gasteiger partial charge in [0.1, 0.15) is 5.60 Å². The molecule has 5 rings (SSSR count). The van der Waals surface area contributed by atoms with Crippen LogP contribution in [0.5, 0.6) is 0 Å².